The maximum atomic E-state index is 12.5. The average molecular weight is 319 g/mol. The molecule has 5 heteroatoms. The molecule has 2 aliphatic rings. The van der Waals surface area contributed by atoms with Gasteiger partial charge in [0.2, 0.25) is 5.91 Å². The zero-order chi connectivity index (χ0) is 16.1. The van der Waals surface area contributed by atoms with Crippen molar-refractivity contribution < 1.29 is 19.0 Å². The van der Waals surface area contributed by atoms with Crippen molar-refractivity contribution in [2.24, 2.45) is 5.92 Å². The van der Waals surface area contributed by atoms with Crippen molar-refractivity contribution in [3.05, 3.63) is 24.3 Å². The lowest BCUT2D eigenvalue weighted by Gasteiger charge is -2.35. The summed E-state index contributed by atoms with van der Waals surface area (Å²) in [5.41, 5.74) is 0. The van der Waals surface area contributed by atoms with Gasteiger partial charge in [-0.2, -0.15) is 0 Å². The number of amides is 1. The van der Waals surface area contributed by atoms with Gasteiger partial charge in [-0.05, 0) is 25.0 Å². The number of carbonyl (C=O) groups excluding carboxylic acids is 1. The third-order valence-electron chi connectivity index (χ3n) is 4.69. The van der Waals surface area contributed by atoms with Gasteiger partial charge in [0.1, 0.15) is 6.10 Å². The number of hydrogen-bond donors (Lipinski definition) is 0. The minimum absolute atomic E-state index is 0.144. The third-order valence-corrected chi connectivity index (χ3v) is 4.69. The molecule has 0 aromatic heterocycles. The number of hydrogen-bond acceptors (Lipinski definition) is 4. The normalized spacial score (nSPS) is 20.3. The molecule has 126 valence electrons. The molecule has 23 heavy (non-hydrogen) atoms. The van der Waals surface area contributed by atoms with E-state index in [2.05, 4.69) is 0 Å². The zero-order valence-corrected chi connectivity index (χ0v) is 13.7. The van der Waals surface area contributed by atoms with Crippen LogP contribution in [0.4, 0.5) is 0 Å². The van der Waals surface area contributed by atoms with Crippen LogP contribution in [0.2, 0.25) is 0 Å². The van der Waals surface area contributed by atoms with E-state index in [1.807, 2.05) is 29.2 Å². The highest BCUT2D eigenvalue weighted by Gasteiger charge is 2.30. The molecule has 1 aromatic carbocycles. The Labute approximate surface area is 137 Å². The van der Waals surface area contributed by atoms with Crippen molar-refractivity contribution in [1.29, 1.82) is 0 Å². The second-order valence-corrected chi connectivity index (χ2v) is 6.18. The fraction of sp³-hybridized carbons (Fsp3) is 0.611. The molecule has 0 unspecified atom stereocenters. The summed E-state index contributed by atoms with van der Waals surface area (Å²) in [6, 6.07) is 7.71. The highest BCUT2D eigenvalue weighted by molar-refractivity contribution is 5.79. The van der Waals surface area contributed by atoms with Crippen LogP contribution in [0, 0.1) is 5.92 Å². The lowest BCUT2D eigenvalue weighted by molar-refractivity contribution is -0.140. The molecule has 2 saturated heterocycles. The molecule has 2 fully saturated rings. The molecule has 5 nitrogen and oxygen atoms in total. The molecule has 3 rings (SSSR count). The Balaban J connectivity index is 1.51. The minimum atomic E-state index is 0.144. The molecule has 0 aliphatic carbocycles. The van der Waals surface area contributed by atoms with E-state index < -0.39 is 0 Å². The zero-order valence-electron chi connectivity index (χ0n) is 13.7. The summed E-state index contributed by atoms with van der Waals surface area (Å²) in [4.78, 5) is 14.5. The summed E-state index contributed by atoms with van der Waals surface area (Å²) >= 11 is 0. The Morgan fingerprint density at radius 2 is 1.74 bits per heavy atom. The third kappa shape index (κ3) is 3.96. The number of carbonyl (C=O) groups is 1. The Bertz CT molecular complexity index is 520. The van der Waals surface area contributed by atoms with Gasteiger partial charge in [-0.15, -0.1) is 0 Å². The van der Waals surface area contributed by atoms with Crippen LogP contribution in [0.15, 0.2) is 24.3 Å². The van der Waals surface area contributed by atoms with Gasteiger partial charge in [0.05, 0.1) is 7.11 Å². The molecule has 0 N–H and O–H groups in total. The van der Waals surface area contributed by atoms with E-state index in [9.17, 15) is 4.79 Å². The van der Waals surface area contributed by atoms with Crippen LogP contribution >= 0.6 is 0 Å². The molecule has 0 saturated carbocycles. The summed E-state index contributed by atoms with van der Waals surface area (Å²) in [5, 5.41) is 0. The number of methoxy groups -OCH3 is 1. The van der Waals surface area contributed by atoms with Crippen LogP contribution in [0.3, 0.4) is 0 Å². The van der Waals surface area contributed by atoms with E-state index >= 15 is 0 Å². The van der Waals surface area contributed by atoms with Gasteiger partial charge in [0, 0.05) is 45.1 Å². The van der Waals surface area contributed by atoms with Crippen molar-refractivity contribution in [1.82, 2.24) is 4.90 Å². The van der Waals surface area contributed by atoms with Crippen LogP contribution in [-0.2, 0) is 9.53 Å². The van der Waals surface area contributed by atoms with Gasteiger partial charge < -0.3 is 19.1 Å². The predicted molar refractivity (Wildman–Crippen MR) is 86.8 cm³/mol. The Morgan fingerprint density at radius 1 is 1.09 bits per heavy atom. The van der Waals surface area contributed by atoms with Crippen molar-refractivity contribution in [3.8, 4) is 11.5 Å². The highest BCUT2D eigenvalue weighted by atomic mass is 16.5. The van der Waals surface area contributed by atoms with Crippen molar-refractivity contribution in [2.45, 2.75) is 31.8 Å². The van der Waals surface area contributed by atoms with Crippen molar-refractivity contribution >= 4 is 5.91 Å². The molecular formula is C18H25NO4. The first-order valence-electron chi connectivity index (χ1n) is 8.44. The number of para-hydroxylation sites is 2. The number of rotatable bonds is 4. The quantitative estimate of drug-likeness (QED) is 0.855. The number of nitrogens with zero attached hydrogens (tertiary/aromatic N) is 1. The molecule has 0 spiro atoms. The van der Waals surface area contributed by atoms with Crippen LogP contribution in [0.1, 0.15) is 25.7 Å². The lowest BCUT2D eigenvalue weighted by atomic mass is 9.97. The van der Waals surface area contributed by atoms with Gasteiger partial charge in [-0.25, -0.2) is 0 Å². The molecule has 0 atom stereocenters. The van der Waals surface area contributed by atoms with Crippen LogP contribution in [0.5, 0.6) is 11.5 Å². The standard InChI is InChI=1S/C18H25NO4/c1-21-16-4-2-3-5-17(16)23-15-6-10-19(11-7-15)18(20)14-8-12-22-13-9-14/h2-5,14-15H,6-13H2,1H3. The number of ether oxygens (including phenoxy) is 3. The number of piperidine rings is 1. The Morgan fingerprint density at radius 3 is 2.39 bits per heavy atom. The molecule has 1 aromatic rings. The van der Waals surface area contributed by atoms with E-state index in [0.29, 0.717) is 19.1 Å². The van der Waals surface area contributed by atoms with E-state index in [-0.39, 0.29) is 12.0 Å². The van der Waals surface area contributed by atoms with Crippen molar-refractivity contribution in [3.63, 3.8) is 0 Å². The maximum Gasteiger partial charge on any atom is 0.225 e. The first-order valence-corrected chi connectivity index (χ1v) is 8.44. The summed E-state index contributed by atoms with van der Waals surface area (Å²) in [6.07, 6.45) is 3.59. The molecule has 1 amide bonds. The van der Waals surface area contributed by atoms with Gasteiger partial charge in [0.15, 0.2) is 11.5 Å². The van der Waals surface area contributed by atoms with E-state index in [1.165, 1.54) is 0 Å². The summed E-state index contributed by atoms with van der Waals surface area (Å²) in [6.45, 7) is 2.97. The summed E-state index contributed by atoms with van der Waals surface area (Å²) in [5.74, 6) is 1.98. The predicted octanol–water partition coefficient (Wildman–Crippen LogP) is 2.49. The maximum absolute atomic E-state index is 12.5. The van der Waals surface area contributed by atoms with Crippen molar-refractivity contribution in [2.75, 3.05) is 33.4 Å². The van der Waals surface area contributed by atoms with Gasteiger partial charge in [-0.3, -0.25) is 4.79 Å². The minimum Gasteiger partial charge on any atom is -0.493 e. The average Bonchev–Trinajstić information content (AvgIpc) is 2.63. The Hall–Kier alpha value is -1.75. The fourth-order valence-corrected chi connectivity index (χ4v) is 3.29. The topological polar surface area (TPSA) is 48.0 Å². The Kier molecular flexibility index (Phi) is 5.39. The van der Waals surface area contributed by atoms with E-state index in [4.69, 9.17) is 14.2 Å². The molecule has 0 radical (unpaired) electrons. The molecular weight excluding hydrogens is 294 g/mol. The van der Waals surface area contributed by atoms with E-state index in [1.54, 1.807) is 7.11 Å². The first kappa shape index (κ1) is 16.1. The molecule has 2 heterocycles. The molecule has 0 bridgehead atoms. The fourth-order valence-electron chi connectivity index (χ4n) is 3.29. The summed E-state index contributed by atoms with van der Waals surface area (Å²) < 4.78 is 16.7. The van der Waals surface area contributed by atoms with E-state index in [0.717, 1.165) is 50.3 Å². The number of benzene rings is 1. The second-order valence-electron chi connectivity index (χ2n) is 6.18. The van der Waals surface area contributed by atoms with Crippen LogP contribution in [-0.4, -0.2) is 50.3 Å². The smallest absolute Gasteiger partial charge is 0.225 e. The summed E-state index contributed by atoms with van der Waals surface area (Å²) in [7, 11) is 1.65. The van der Waals surface area contributed by atoms with Gasteiger partial charge >= 0.3 is 0 Å². The lowest BCUT2D eigenvalue weighted by Crippen LogP contribution is -2.45. The monoisotopic (exact) mass is 319 g/mol. The van der Waals surface area contributed by atoms with Crippen LogP contribution in [0.25, 0.3) is 0 Å². The van der Waals surface area contributed by atoms with Gasteiger partial charge in [-0.1, -0.05) is 12.1 Å². The van der Waals surface area contributed by atoms with Gasteiger partial charge in [0.25, 0.3) is 0 Å². The molecule has 2 aliphatic heterocycles. The first-order chi connectivity index (χ1) is 11.3. The van der Waals surface area contributed by atoms with Crippen LogP contribution < -0.4 is 9.47 Å². The second kappa shape index (κ2) is 7.68. The largest absolute Gasteiger partial charge is 0.493 e. The SMILES string of the molecule is COc1ccccc1OC1CCN(C(=O)C2CCOCC2)CC1. The highest BCUT2D eigenvalue weighted by Crippen LogP contribution is 2.29. The number of likely N-dealkylation sites (tertiary alicyclic amines) is 1.